The standard InChI is InChI=1S/C11H9N5O/c12-7-5-13-11-14-10(15-16(11)6-7)8-3-1-2-4-9(8)17/h1-6,17H,12H2. The van der Waals surface area contributed by atoms with Crippen LogP contribution in [0.2, 0.25) is 0 Å². The van der Waals surface area contributed by atoms with Gasteiger partial charge in [-0.1, -0.05) is 12.1 Å². The van der Waals surface area contributed by atoms with Gasteiger partial charge in [0.2, 0.25) is 0 Å². The van der Waals surface area contributed by atoms with Crippen LogP contribution in [0.25, 0.3) is 17.2 Å². The lowest BCUT2D eigenvalue weighted by Crippen LogP contribution is -1.94. The minimum absolute atomic E-state index is 0.136. The van der Waals surface area contributed by atoms with Crippen molar-refractivity contribution in [3.63, 3.8) is 0 Å². The molecule has 0 aliphatic heterocycles. The van der Waals surface area contributed by atoms with Crippen molar-refractivity contribution < 1.29 is 5.11 Å². The number of aromatic nitrogens is 4. The maximum atomic E-state index is 9.71. The first-order valence-electron chi connectivity index (χ1n) is 5.00. The summed E-state index contributed by atoms with van der Waals surface area (Å²) >= 11 is 0. The van der Waals surface area contributed by atoms with Gasteiger partial charge in [-0.2, -0.15) is 4.98 Å². The Morgan fingerprint density at radius 1 is 1.24 bits per heavy atom. The summed E-state index contributed by atoms with van der Waals surface area (Å²) in [6.45, 7) is 0. The lowest BCUT2D eigenvalue weighted by Gasteiger charge is -1.97. The second kappa shape index (κ2) is 3.44. The normalized spacial score (nSPS) is 10.8. The number of rotatable bonds is 1. The van der Waals surface area contributed by atoms with E-state index in [0.717, 1.165) is 0 Å². The number of anilines is 1. The molecule has 84 valence electrons. The average molecular weight is 227 g/mol. The smallest absolute Gasteiger partial charge is 0.252 e. The molecule has 0 radical (unpaired) electrons. The molecular weight excluding hydrogens is 218 g/mol. The molecule has 1 aromatic carbocycles. The highest BCUT2D eigenvalue weighted by Crippen LogP contribution is 2.25. The van der Waals surface area contributed by atoms with Crippen LogP contribution in [-0.4, -0.2) is 24.7 Å². The third-order valence-corrected chi connectivity index (χ3v) is 2.36. The van der Waals surface area contributed by atoms with Crippen LogP contribution in [0, 0.1) is 0 Å². The molecule has 0 saturated carbocycles. The van der Waals surface area contributed by atoms with E-state index in [-0.39, 0.29) is 5.75 Å². The van der Waals surface area contributed by atoms with Gasteiger partial charge < -0.3 is 10.8 Å². The number of nitrogen functional groups attached to an aromatic ring is 1. The number of aromatic hydroxyl groups is 1. The van der Waals surface area contributed by atoms with Gasteiger partial charge in [0.1, 0.15) is 5.75 Å². The SMILES string of the molecule is Nc1cnc2nc(-c3ccccc3O)nn2c1. The summed E-state index contributed by atoms with van der Waals surface area (Å²) in [5, 5.41) is 13.9. The fourth-order valence-corrected chi connectivity index (χ4v) is 1.57. The zero-order chi connectivity index (χ0) is 11.8. The highest BCUT2D eigenvalue weighted by atomic mass is 16.3. The summed E-state index contributed by atoms with van der Waals surface area (Å²) in [6, 6.07) is 6.88. The third-order valence-electron chi connectivity index (χ3n) is 2.36. The molecule has 0 fully saturated rings. The van der Waals surface area contributed by atoms with Gasteiger partial charge >= 0.3 is 0 Å². The van der Waals surface area contributed by atoms with Gasteiger partial charge in [0.05, 0.1) is 23.6 Å². The second-order valence-electron chi connectivity index (χ2n) is 3.58. The van der Waals surface area contributed by atoms with Crippen LogP contribution in [0.15, 0.2) is 36.7 Å². The van der Waals surface area contributed by atoms with Crippen molar-refractivity contribution in [2.24, 2.45) is 0 Å². The van der Waals surface area contributed by atoms with Gasteiger partial charge in [-0.05, 0) is 12.1 Å². The molecule has 3 aromatic rings. The zero-order valence-corrected chi connectivity index (χ0v) is 8.78. The molecule has 3 rings (SSSR count). The minimum atomic E-state index is 0.136. The number of phenolic OH excluding ortho intramolecular Hbond substituents is 1. The van der Waals surface area contributed by atoms with Crippen LogP contribution >= 0.6 is 0 Å². The van der Waals surface area contributed by atoms with Crippen LogP contribution in [-0.2, 0) is 0 Å². The molecule has 0 unspecified atom stereocenters. The molecule has 0 aliphatic carbocycles. The number of nitrogens with two attached hydrogens (primary N) is 1. The molecule has 6 nitrogen and oxygen atoms in total. The van der Waals surface area contributed by atoms with Crippen LogP contribution in [0.1, 0.15) is 0 Å². The van der Waals surface area contributed by atoms with E-state index in [9.17, 15) is 5.11 Å². The van der Waals surface area contributed by atoms with Crippen LogP contribution in [0.5, 0.6) is 5.75 Å². The van der Waals surface area contributed by atoms with Crippen LogP contribution < -0.4 is 5.73 Å². The Kier molecular flexibility index (Phi) is 1.94. The van der Waals surface area contributed by atoms with Gasteiger partial charge in [0, 0.05) is 0 Å². The first-order chi connectivity index (χ1) is 8.24. The molecule has 0 aliphatic rings. The third kappa shape index (κ3) is 1.55. The Hall–Kier alpha value is -2.63. The Morgan fingerprint density at radius 2 is 2.06 bits per heavy atom. The molecule has 6 heteroatoms. The Morgan fingerprint density at radius 3 is 2.88 bits per heavy atom. The number of para-hydroxylation sites is 1. The number of benzene rings is 1. The molecule has 0 atom stereocenters. The molecule has 0 bridgehead atoms. The van der Waals surface area contributed by atoms with E-state index in [1.807, 2.05) is 6.07 Å². The quantitative estimate of drug-likeness (QED) is 0.649. The summed E-state index contributed by atoms with van der Waals surface area (Å²) in [6.07, 6.45) is 3.14. The minimum Gasteiger partial charge on any atom is -0.507 e. The summed E-state index contributed by atoms with van der Waals surface area (Å²) in [7, 11) is 0. The number of nitrogens with zero attached hydrogens (tertiary/aromatic N) is 4. The lowest BCUT2D eigenvalue weighted by atomic mass is 10.2. The summed E-state index contributed by atoms with van der Waals surface area (Å²) in [5.74, 6) is 0.995. The maximum absolute atomic E-state index is 9.71. The Labute approximate surface area is 96.4 Å². The van der Waals surface area contributed by atoms with Gasteiger partial charge in [0.25, 0.3) is 5.78 Å². The molecule has 0 saturated heterocycles. The van der Waals surface area contributed by atoms with E-state index in [0.29, 0.717) is 22.9 Å². The molecule has 17 heavy (non-hydrogen) atoms. The van der Waals surface area contributed by atoms with Crippen molar-refractivity contribution in [2.45, 2.75) is 0 Å². The molecule has 0 amide bonds. The van der Waals surface area contributed by atoms with Crippen molar-refractivity contribution in [3.05, 3.63) is 36.7 Å². The van der Waals surface area contributed by atoms with Crippen molar-refractivity contribution in [3.8, 4) is 17.1 Å². The van der Waals surface area contributed by atoms with E-state index in [2.05, 4.69) is 15.1 Å². The molecule has 3 N–H and O–H groups in total. The predicted molar refractivity (Wildman–Crippen MR) is 62.3 cm³/mol. The Balaban J connectivity index is 2.22. The fraction of sp³-hybridized carbons (Fsp3) is 0. The van der Waals surface area contributed by atoms with Crippen molar-refractivity contribution in [1.82, 2.24) is 19.6 Å². The van der Waals surface area contributed by atoms with Crippen LogP contribution in [0.4, 0.5) is 5.69 Å². The monoisotopic (exact) mass is 227 g/mol. The first kappa shape index (κ1) is 9.59. The first-order valence-corrected chi connectivity index (χ1v) is 5.00. The van der Waals surface area contributed by atoms with Gasteiger partial charge in [-0.25, -0.2) is 9.50 Å². The molecule has 2 heterocycles. The maximum Gasteiger partial charge on any atom is 0.252 e. The van der Waals surface area contributed by atoms with Crippen molar-refractivity contribution >= 4 is 11.5 Å². The van der Waals surface area contributed by atoms with Gasteiger partial charge in [0.15, 0.2) is 5.82 Å². The highest BCUT2D eigenvalue weighted by molar-refractivity contribution is 5.64. The fourth-order valence-electron chi connectivity index (χ4n) is 1.57. The largest absolute Gasteiger partial charge is 0.507 e. The average Bonchev–Trinajstić information content (AvgIpc) is 2.72. The summed E-state index contributed by atoms with van der Waals surface area (Å²) < 4.78 is 1.48. The van der Waals surface area contributed by atoms with Gasteiger partial charge in [-0.15, -0.1) is 5.10 Å². The second-order valence-corrected chi connectivity index (χ2v) is 3.58. The van der Waals surface area contributed by atoms with E-state index in [1.165, 1.54) is 10.7 Å². The summed E-state index contributed by atoms with van der Waals surface area (Å²) in [4.78, 5) is 8.25. The zero-order valence-electron chi connectivity index (χ0n) is 8.78. The van der Waals surface area contributed by atoms with E-state index < -0.39 is 0 Å². The summed E-state index contributed by atoms with van der Waals surface area (Å²) in [5.41, 5.74) is 6.67. The van der Waals surface area contributed by atoms with Crippen molar-refractivity contribution in [1.29, 1.82) is 0 Å². The molecule has 2 aromatic heterocycles. The Bertz CT molecular complexity index is 691. The molecule has 0 spiro atoms. The van der Waals surface area contributed by atoms with E-state index >= 15 is 0 Å². The predicted octanol–water partition coefficient (Wildman–Crippen LogP) is 1.08. The van der Waals surface area contributed by atoms with E-state index in [4.69, 9.17) is 5.73 Å². The van der Waals surface area contributed by atoms with Gasteiger partial charge in [-0.3, -0.25) is 0 Å². The molecular formula is C11H9N5O. The lowest BCUT2D eigenvalue weighted by molar-refractivity contribution is 0.477. The number of hydrogen-bond donors (Lipinski definition) is 2. The number of phenols is 1. The van der Waals surface area contributed by atoms with Crippen LogP contribution in [0.3, 0.4) is 0 Å². The topological polar surface area (TPSA) is 89.3 Å². The highest BCUT2D eigenvalue weighted by Gasteiger charge is 2.10. The van der Waals surface area contributed by atoms with Crippen molar-refractivity contribution in [2.75, 3.05) is 5.73 Å². The number of fused-ring (bicyclic) bond motifs is 1. The number of hydrogen-bond acceptors (Lipinski definition) is 5. The van der Waals surface area contributed by atoms with E-state index in [1.54, 1.807) is 24.4 Å².